The Morgan fingerprint density at radius 2 is 1.71 bits per heavy atom. The van der Waals surface area contributed by atoms with Crippen molar-refractivity contribution in [3.63, 3.8) is 0 Å². The third-order valence-electron chi connectivity index (χ3n) is 3.90. The van der Waals surface area contributed by atoms with Crippen molar-refractivity contribution in [1.29, 1.82) is 0 Å². The maximum absolute atomic E-state index is 12.3. The molecule has 24 heavy (non-hydrogen) atoms. The molecule has 2 aromatic carbocycles. The van der Waals surface area contributed by atoms with Crippen molar-refractivity contribution in [2.24, 2.45) is 0 Å². The number of hydrogen-bond donors (Lipinski definition) is 1. The van der Waals surface area contributed by atoms with Crippen LogP contribution >= 0.6 is 0 Å². The molecule has 0 atom stereocenters. The van der Waals surface area contributed by atoms with Crippen LogP contribution in [0.5, 0.6) is 11.5 Å². The minimum Gasteiger partial charge on any atom is -0.423 e. The molecule has 0 bridgehead atoms. The van der Waals surface area contributed by atoms with Crippen molar-refractivity contribution in [3.05, 3.63) is 52.4 Å². The monoisotopic (exact) mass is 321 g/mol. The molecular formula is C19H15NO4. The molecule has 4 rings (SSSR count). The summed E-state index contributed by atoms with van der Waals surface area (Å²) < 4.78 is 10.5. The van der Waals surface area contributed by atoms with Crippen LogP contribution in [0.3, 0.4) is 0 Å². The van der Waals surface area contributed by atoms with E-state index in [2.05, 4.69) is 19.2 Å². The Morgan fingerprint density at radius 3 is 2.42 bits per heavy atom. The summed E-state index contributed by atoms with van der Waals surface area (Å²) in [7, 11) is 0. The Balaban J connectivity index is 1.83. The predicted octanol–water partition coefficient (Wildman–Crippen LogP) is 1.32. The van der Waals surface area contributed by atoms with Gasteiger partial charge in [0.1, 0.15) is 11.5 Å². The first-order chi connectivity index (χ1) is 11.5. The Morgan fingerprint density at radius 1 is 0.958 bits per heavy atom. The second kappa shape index (κ2) is 5.23. The summed E-state index contributed by atoms with van der Waals surface area (Å²) in [6.45, 7) is 4.12. The largest absolute Gasteiger partial charge is 0.423 e. The van der Waals surface area contributed by atoms with Crippen LogP contribution in [0.2, 0.25) is 0 Å². The van der Waals surface area contributed by atoms with E-state index in [9.17, 15) is 9.59 Å². The quantitative estimate of drug-likeness (QED) is 0.682. The fraction of sp³-hybridized carbons (Fsp3) is 0.158. The molecule has 0 saturated heterocycles. The zero-order valence-electron chi connectivity index (χ0n) is 13.3. The highest BCUT2D eigenvalue weighted by molar-refractivity contribution is 6.19. The summed E-state index contributed by atoms with van der Waals surface area (Å²) in [5.41, 5.74) is 2.23. The highest BCUT2D eigenvalue weighted by Crippen LogP contribution is 2.24. The van der Waals surface area contributed by atoms with Gasteiger partial charge in [0.25, 0.3) is 0 Å². The second-order valence-corrected chi connectivity index (χ2v) is 6.09. The lowest BCUT2D eigenvalue weighted by atomic mass is 10.0. The minimum absolute atomic E-state index is 0.328. The number of rotatable bonds is 3. The number of fused-ring (bicyclic) bond motifs is 2. The zero-order valence-corrected chi connectivity index (χ0v) is 13.3. The number of carbonyl (C=O) groups excluding carboxylic acids is 2. The van der Waals surface area contributed by atoms with Crippen molar-refractivity contribution in [1.82, 2.24) is 0 Å². The third kappa shape index (κ3) is 2.34. The summed E-state index contributed by atoms with van der Waals surface area (Å²) >= 11 is 0. The van der Waals surface area contributed by atoms with E-state index in [1.165, 1.54) is 6.08 Å². The molecule has 1 N–H and O–H groups in total. The Labute approximate surface area is 138 Å². The summed E-state index contributed by atoms with van der Waals surface area (Å²) in [5.74, 6) is 0.0931. The Kier molecular flexibility index (Phi) is 3.16. The number of carbonyl (C=O) groups is 2. The van der Waals surface area contributed by atoms with Gasteiger partial charge in [-0.05, 0) is 43.7 Å². The smallest absolute Gasteiger partial charge is 0.344 e. The summed E-state index contributed by atoms with van der Waals surface area (Å²) in [4.78, 5) is 23.7. The predicted molar refractivity (Wildman–Crippen MR) is 89.1 cm³/mol. The maximum atomic E-state index is 12.3. The number of esters is 2. The number of anilines is 1. The number of hydrogen-bond acceptors (Lipinski definition) is 5. The Bertz CT molecular complexity index is 987. The minimum atomic E-state index is -0.411. The van der Waals surface area contributed by atoms with Crippen LogP contribution in [-0.4, -0.2) is 18.0 Å². The van der Waals surface area contributed by atoms with Crippen molar-refractivity contribution in [2.75, 3.05) is 5.32 Å². The van der Waals surface area contributed by atoms with Crippen LogP contribution in [0.4, 0.5) is 5.69 Å². The highest BCUT2D eigenvalue weighted by atomic mass is 16.5. The molecule has 0 amide bonds. The first-order valence-electron chi connectivity index (χ1n) is 7.72. The van der Waals surface area contributed by atoms with E-state index in [1.807, 2.05) is 24.3 Å². The van der Waals surface area contributed by atoms with E-state index in [4.69, 9.17) is 9.47 Å². The van der Waals surface area contributed by atoms with Crippen molar-refractivity contribution < 1.29 is 19.1 Å². The van der Waals surface area contributed by atoms with Gasteiger partial charge in [0.05, 0.1) is 5.57 Å². The van der Waals surface area contributed by atoms with Gasteiger partial charge in [0.2, 0.25) is 0 Å². The topological polar surface area (TPSA) is 64.6 Å². The molecule has 0 aliphatic carbocycles. The van der Waals surface area contributed by atoms with Crippen LogP contribution in [0.1, 0.15) is 19.4 Å². The van der Waals surface area contributed by atoms with Gasteiger partial charge < -0.3 is 14.8 Å². The van der Waals surface area contributed by atoms with Crippen LogP contribution in [0, 0.1) is 0 Å². The molecule has 5 heteroatoms. The number of ether oxygens (including phenoxy) is 2. The van der Waals surface area contributed by atoms with Crippen LogP contribution < -0.4 is 25.2 Å². The van der Waals surface area contributed by atoms with Gasteiger partial charge in [-0.25, -0.2) is 9.59 Å². The maximum Gasteiger partial charge on any atom is 0.344 e. The highest BCUT2D eigenvalue weighted by Gasteiger charge is 2.26. The number of nitrogens with one attached hydrogen (secondary N) is 1. The van der Waals surface area contributed by atoms with Gasteiger partial charge in [-0.15, -0.1) is 0 Å². The average Bonchev–Trinajstić information content (AvgIpc) is 3.02. The molecule has 2 aromatic rings. The second-order valence-electron chi connectivity index (χ2n) is 6.09. The van der Waals surface area contributed by atoms with Crippen LogP contribution in [0.25, 0.3) is 11.6 Å². The fourth-order valence-electron chi connectivity index (χ4n) is 2.92. The molecule has 2 aliphatic rings. The van der Waals surface area contributed by atoms with Crippen LogP contribution in [0.15, 0.2) is 36.4 Å². The van der Waals surface area contributed by atoms with Gasteiger partial charge in [-0.3, -0.25) is 0 Å². The van der Waals surface area contributed by atoms with Crippen LogP contribution in [-0.2, 0) is 9.59 Å². The van der Waals surface area contributed by atoms with E-state index >= 15 is 0 Å². The van der Waals surface area contributed by atoms with Gasteiger partial charge in [-0.2, -0.15) is 0 Å². The molecule has 120 valence electrons. The molecule has 2 heterocycles. The average molecular weight is 321 g/mol. The van der Waals surface area contributed by atoms with Gasteiger partial charge in [0, 0.05) is 28.2 Å². The molecule has 0 radical (unpaired) electrons. The van der Waals surface area contributed by atoms with Gasteiger partial charge in [-0.1, -0.05) is 12.1 Å². The summed E-state index contributed by atoms with van der Waals surface area (Å²) in [5, 5.41) is 4.58. The first kappa shape index (κ1) is 14.5. The number of benzene rings is 2. The van der Waals surface area contributed by atoms with E-state index in [1.54, 1.807) is 12.1 Å². The molecule has 2 aliphatic heterocycles. The van der Waals surface area contributed by atoms with Crippen molar-refractivity contribution >= 4 is 29.3 Å². The lowest BCUT2D eigenvalue weighted by Crippen LogP contribution is -2.11. The molecule has 0 saturated carbocycles. The standard InChI is InChI=1S/C19H15NO4/c1-10(2)20-13-5-3-11(4-6-13)18-14-9-15-12(8-17(21)23-15)7-16(14)24-19(18)22/h3-10,20H,1-2H3. The zero-order chi connectivity index (χ0) is 16.8. The third-order valence-corrected chi connectivity index (χ3v) is 3.90. The molecule has 0 fully saturated rings. The first-order valence-corrected chi connectivity index (χ1v) is 7.72. The molecule has 0 spiro atoms. The summed E-state index contributed by atoms with van der Waals surface area (Å²) in [6, 6.07) is 11.3. The van der Waals surface area contributed by atoms with Gasteiger partial charge in [0.15, 0.2) is 0 Å². The molecule has 0 unspecified atom stereocenters. The van der Waals surface area contributed by atoms with Gasteiger partial charge >= 0.3 is 11.9 Å². The lowest BCUT2D eigenvalue weighted by molar-refractivity contribution is -0.128. The van der Waals surface area contributed by atoms with E-state index in [0.717, 1.165) is 11.3 Å². The Hall–Kier alpha value is -3.08. The van der Waals surface area contributed by atoms with Crippen molar-refractivity contribution in [2.45, 2.75) is 19.9 Å². The SMILES string of the molecule is CC(C)Nc1ccc(C2=c3cc4c(cc3OC2=O)=CC(=O)O4)cc1. The fourth-order valence-corrected chi connectivity index (χ4v) is 2.92. The summed E-state index contributed by atoms with van der Waals surface area (Å²) in [6.07, 6.45) is 1.38. The lowest BCUT2D eigenvalue weighted by Gasteiger charge is -2.10. The van der Waals surface area contributed by atoms with E-state index < -0.39 is 11.9 Å². The molecule has 0 aromatic heterocycles. The molecular weight excluding hydrogens is 306 g/mol. The van der Waals surface area contributed by atoms with Crippen molar-refractivity contribution in [3.8, 4) is 11.5 Å². The molecule has 5 nitrogen and oxygen atoms in total. The van der Waals surface area contributed by atoms with E-state index in [-0.39, 0.29) is 0 Å². The van der Waals surface area contributed by atoms with E-state index in [0.29, 0.717) is 33.6 Å². The normalized spacial score (nSPS) is 14.9.